The van der Waals surface area contributed by atoms with Crippen LogP contribution in [0.25, 0.3) is 0 Å². The molecule has 0 aliphatic heterocycles. The van der Waals surface area contributed by atoms with E-state index in [2.05, 4.69) is 6.92 Å². The van der Waals surface area contributed by atoms with E-state index < -0.39 is 18.2 Å². The largest absolute Gasteiger partial charge is 0.421 e. The Hall–Kier alpha value is -1.32. The van der Waals surface area contributed by atoms with Crippen molar-refractivity contribution in [1.29, 1.82) is 0 Å². The lowest BCUT2D eigenvalue weighted by atomic mass is 10.1. The van der Waals surface area contributed by atoms with Crippen molar-refractivity contribution in [3.05, 3.63) is 11.6 Å². The molecule has 0 atom stereocenters. The average molecular weight is 270 g/mol. The molecule has 110 valence electrons. The molecule has 0 aromatic rings. The predicted octanol–water partition coefficient (Wildman–Crippen LogP) is 3.75. The normalized spacial score (nSPS) is 11.5. The molecule has 0 fully saturated rings. The smallest absolute Gasteiger partial charge is 0.305 e. The summed E-state index contributed by atoms with van der Waals surface area (Å²) in [5, 5.41) is 0. The first kappa shape index (κ1) is 17.7. The van der Waals surface area contributed by atoms with Gasteiger partial charge in [-0.1, -0.05) is 38.7 Å². The summed E-state index contributed by atoms with van der Waals surface area (Å²) < 4.78 is 9.94. The molecule has 19 heavy (non-hydrogen) atoms. The predicted molar refractivity (Wildman–Crippen MR) is 74.5 cm³/mol. The van der Waals surface area contributed by atoms with E-state index in [0.717, 1.165) is 18.4 Å². The van der Waals surface area contributed by atoms with Crippen molar-refractivity contribution in [3.8, 4) is 0 Å². The van der Waals surface area contributed by atoms with Crippen LogP contribution >= 0.6 is 0 Å². The van der Waals surface area contributed by atoms with Gasteiger partial charge >= 0.3 is 11.9 Å². The van der Waals surface area contributed by atoms with E-state index in [0.29, 0.717) is 0 Å². The molecule has 0 saturated carbocycles. The van der Waals surface area contributed by atoms with E-state index in [4.69, 9.17) is 9.47 Å². The molecule has 0 unspecified atom stereocenters. The third-order valence-electron chi connectivity index (χ3n) is 2.69. The Labute approximate surface area is 116 Å². The maximum absolute atomic E-state index is 10.9. The minimum absolute atomic E-state index is 0.457. The number of hydrogen-bond donors (Lipinski definition) is 0. The van der Waals surface area contributed by atoms with Crippen LogP contribution in [0.4, 0.5) is 0 Å². The van der Waals surface area contributed by atoms with E-state index in [1.54, 1.807) is 0 Å². The highest BCUT2D eigenvalue weighted by Gasteiger charge is 2.16. The van der Waals surface area contributed by atoms with Gasteiger partial charge in [-0.3, -0.25) is 9.59 Å². The van der Waals surface area contributed by atoms with E-state index in [9.17, 15) is 9.59 Å². The molecule has 0 radical (unpaired) electrons. The van der Waals surface area contributed by atoms with Crippen LogP contribution in [0.15, 0.2) is 11.6 Å². The number of carbonyl (C=O) groups excluding carboxylic acids is 2. The zero-order valence-corrected chi connectivity index (χ0v) is 12.5. The second-order valence-electron chi connectivity index (χ2n) is 4.70. The molecule has 0 amide bonds. The minimum atomic E-state index is -0.884. The van der Waals surface area contributed by atoms with Gasteiger partial charge in [0.15, 0.2) is 0 Å². The van der Waals surface area contributed by atoms with E-state index in [-0.39, 0.29) is 0 Å². The zero-order chi connectivity index (χ0) is 14.7. The maximum atomic E-state index is 10.9. The Kier molecular flexibility index (Phi) is 9.85. The van der Waals surface area contributed by atoms with Gasteiger partial charge in [-0.2, -0.15) is 0 Å². The van der Waals surface area contributed by atoms with Gasteiger partial charge in [0, 0.05) is 19.4 Å². The molecule has 0 aromatic heterocycles. The van der Waals surface area contributed by atoms with Crippen LogP contribution in [0.3, 0.4) is 0 Å². The minimum Gasteiger partial charge on any atom is -0.421 e. The summed E-state index contributed by atoms with van der Waals surface area (Å²) in [6.07, 6.45) is 8.05. The standard InChI is InChI=1S/C15H26O4/c1-5-6-7-8-9-10-11-12(2)15(18-13(3)16)19-14(4)17/h11,15H,5-10H2,1-4H3. The molecular formula is C15H26O4. The fourth-order valence-electron chi connectivity index (χ4n) is 1.69. The fourth-order valence-corrected chi connectivity index (χ4v) is 1.69. The summed E-state index contributed by atoms with van der Waals surface area (Å²) in [6, 6.07) is 0. The van der Waals surface area contributed by atoms with Crippen LogP contribution in [0.1, 0.15) is 66.2 Å². The molecule has 0 spiro atoms. The SMILES string of the molecule is CCCCCCCC=C(C)C(OC(C)=O)OC(C)=O. The van der Waals surface area contributed by atoms with Crippen LogP contribution in [0, 0.1) is 0 Å². The summed E-state index contributed by atoms with van der Waals surface area (Å²) in [6.45, 7) is 6.60. The van der Waals surface area contributed by atoms with Gasteiger partial charge in [0.1, 0.15) is 0 Å². The molecular weight excluding hydrogens is 244 g/mol. The summed E-state index contributed by atoms with van der Waals surface area (Å²) in [5.74, 6) is -0.913. The van der Waals surface area contributed by atoms with Crippen LogP contribution in [-0.2, 0) is 19.1 Å². The zero-order valence-electron chi connectivity index (χ0n) is 12.5. The number of rotatable bonds is 9. The third-order valence-corrected chi connectivity index (χ3v) is 2.69. The second kappa shape index (κ2) is 10.6. The second-order valence-corrected chi connectivity index (χ2v) is 4.70. The van der Waals surface area contributed by atoms with Crippen LogP contribution in [0.2, 0.25) is 0 Å². The Balaban J connectivity index is 4.16. The number of hydrogen-bond acceptors (Lipinski definition) is 4. The van der Waals surface area contributed by atoms with Crippen LogP contribution in [-0.4, -0.2) is 18.2 Å². The molecule has 0 bridgehead atoms. The van der Waals surface area contributed by atoms with Gasteiger partial charge < -0.3 is 9.47 Å². The Bertz CT molecular complexity index is 291. The number of unbranched alkanes of at least 4 members (excludes halogenated alkanes) is 5. The van der Waals surface area contributed by atoms with Gasteiger partial charge in [-0.05, 0) is 19.8 Å². The fraction of sp³-hybridized carbons (Fsp3) is 0.733. The third kappa shape index (κ3) is 10.3. The van der Waals surface area contributed by atoms with Crippen molar-refractivity contribution in [2.75, 3.05) is 0 Å². The molecule has 4 heteroatoms. The first-order valence-electron chi connectivity index (χ1n) is 6.98. The van der Waals surface area contributed by atoms with Crippen molar-refractivity contribution >= 4 is 11.9 Å². The molecule has 0 aliphatic carbocycles. The van der Waals surface area contributed by atoms with Crippen molar-refractivity contribution in [3.63, 3.8) is 0 Å². The summed E-state index contributed by atoms with van der Waals surface area (Å²) >= 11 is 0. The van der Waals surface area contributed by atoms with Crippen molar-refractivity contribution in [2.24, 2.45) is 0 Å². The van der Waals surface area contributed by atoms with Crippen molar-refractivity contribution in [1.82, 2.24) is 0 Å². The van der Waals surface area contributed by atoms with E-state index in [1.165, 1.54) is 39.5 Å². The van der Waals surface area contributed by atoms with Gasteiger partial charge in [0.2, 0.25) is 0 Å². The van der Waals surface area contributed by atoms with E-state index >= 15 is 0 Å². The van der Waals surface area contributed by atoms with Crippen LogP contribution in [0.5, 0.6) is 0 Å². The number of carbonyl (C=O) groups is 2. The molecule has 4 nitrogen and oxygen atoms in total. The van der Waals surface area contributed by atoms with E-state index in [1.807, 2.05) is 13.0 Å². The molecule has 0 heterocycles. The highest BCUT2D eigenvalue weighted by molar-refractivity contribution is 5.68. The van der Waals surface area contributed by atoms with Crippen molar-refractivity contribution < 1.29 is 19.1 Å². The maximum Gasteiger partial charge on any atom is 0.305 e. The molecule has 0 rings (SSSR count). The van der Waals surface area contributed by atoms with Gasteiger partial charge in [-0.25, -0.2) is 0 Å². The van der Waals surface area contributed by atoms with Gasteiger partial charge in [0.05, 0.1) is 0 Å². The Morgan fingerprint density at radius 3 is 1.95 bits per heavy atom. The summed E-state index contributed by atoms with van der Waals surface area (Å²) in [4.78, 5) is 21.9. The lowest BCUT2D eigenvalue weighted by Gasteiger charge is -2.17. The number of allylic oxidation sites excluding steroid dienone is 1. The first-order valence-corrected chi connectivity index (χ1v) is 6.98. The molecule has 0 N–H and O–H groups in total. The van der Waals surface area contributed by atoms with Crippen molar-refractivity contribution in [2.45, 2.75) is 72.5 Å². The quantitative estimate of drug-likeness (QED) is 0.277. The average Bonchev–Trinajstić information content (AvgIpc) is 2.31. The highest BCUT2D eigenvalue weighted by atomic mass is 16.7. The highest BCUT2D eigenvalue weighted by Crippen LogP contribution is 2.12. The Morgan fingerprint density at radius 1 is 0.947 bits per heavy atom. The molecule has 0 saturated heterocycles. The molecule has 0 aromatic carbocycles. The van der Waals surface area contributed by atoms with Gasteiger partial charge in [0.25, 0.3) is 6.29 Å². The molecule has 0 aliphatic rings. The lowest BCUT2D eigenvalue weighted by molar-refractivity contribution is -0.178. The monoisotopic (exact) mass is 270 g/mol. The van der Waals surface area contributed by atoms with Crippen LogP contribution < -0.4 is 0 Å². The lowest BCUT2D eigenvalue weighted by Crippen LogP contribution is -2.23. The number of ether oxygens (including phenoxy) is 2. The van der Waals surface area contributed by atoms with Gasteiger partial charge in [-0.15, -0.1) is 0 Å². The summed E-state index contributed by atoms with van der Waals surface area (Å²) in [7, 11) is 0. The first-order chi connectivity index (χ1) is 8.97. The number of esters is 2. The topological polar surface area (TPSA) is 52.6 Å². The Morgan fingerprint density at radius 2 is 1.47 bits per heavy atom. The summed E-state index contributed by atoms with van der Waals surface area (Å²) in [5.41, 5.74) is 0.765.